The summed E-state index contributed by atoms with van der Waals surface area (Å²) in [7, 11) is 0. The van der Waals surface area contributed by atoms with Crippen molar-refractivity contribution in [2.24, 2.45) is 0 Å². The lowest BCUT2D eigenvalue weighted by molar-refractivity contribution is 0.612. The molecular weight excluding hydrogens is 306 g/mol. The van der Waals surface area contributed by atoms with Gasteiger partial charge in [-0.25, -0.2) is 0 Å². The number of aryl methyl sites for hydroxylation is 1. The van der Waals surface area contributed by atoms with Crippen molar-refractivity contribution in [3.8, 4) is 11.3 Å². The zero-order valence-corrected chi connectivity index (χ0v) is 15.4. The Bertz CT molecular complexity index is 928. The van der Waals surface area contributed by atoms with Crippen LogP contribution < -0.4 is 0 Å². The van der Waals surface area contributed by atoms with Gasteiger partial charge in [0, 0.05) is 22.7 Å². The second-order valence-corrected chi connectivity index (χ2v) is 6.70. The van der Waals surface area contributed by atoms with Crippen molar-refractivity contribution in [1.29, 1.82) is 0 Å². The average Bonchev–Trinajstić information content (AvgIpc) is 3.02. The monoisotopic (exact) mass is 331 g/mol. The van der Waals surface area contributed by atoms with Gasteiger partial charge in [0.1, 0.15) is 5.58 Å². The number of nitrogens with zero attached hydrogens (tertiary/aromatic N) is 1. The van der Waals surface area contributed by atoms with Crippen LogP contribution in [0.4, 0.5) is 0 Å². The minimum atomic E-state index is 0.491. The van der Waals surface area contributed by atoms with Gasteiger partial charge in [-0.15, -0.1) is 0 Å². The molecule has 0 saturated carbocycles. The number of fused-ring (bicyclic) bond motifs is 1. The smallest absolute Gasteiger partial charge is 0.137 e. The first-order chi connectivity index (χ1) is 12.1. The van der Waals surface area contributed by atoms with Gasteiger partial charge in [0.2, 0.25) is 0 Å². The van der Waals surface area contributed by atoms with Crippen LogP contribution in [0.1, 0.15) is 49.8 Å². The Balaban J connectivity index is 2.05. The maximum Gasteiger partial charge on any atom is 0.137 e. The van der Waals surface area contributed by atoms with E-state index < -0.39 is 0 Å². The summed E-state index contributed by atoms with van der Waals surface area (Å²) in [6.45, 7) is 8.54. The molecule has 2 heterocycles. The molecule has 0 amide bonds. The number of furan rings is 1. The molecule has 0 unspecified atom stereocenters. The standard InChI is InChI=1S/C23H25NO/c1-5-6-7-8-9-19-15-25-23-17(4)12-20(13-21(19)23)22-14-18(16(2)3)10-11-24-22/h5-6,8-16H,7H2,1-4H3/b6-5-,9-8+. The van der Waals surface area contributed by atoms with Gasteiger partial charge in [0.25, 0.3) is 0 Å². The minimum absolute atomic E-state index is 0.491. The summed E-state index contributed by atoms with van der Waals surface area (Å²) in [6, 6.07) is 8.62. The normalized spacial score (nSPS) is 12.2. The average molecular weight is 331 g/mol. The van der Waals surface area contributed by atoms with E-state index in [1.54, 1.807) is 0 Å². The molecule has 0 radical (unpaired) electrons. The Morgan fingerprint density at radius 3 is 2.76 bits per heavy atom. The van der Waals surface area contributed by atoms with E-state index in [1.165, 1.54) is 5.56 Å². The van der Waals surface area contributed by atoms with Crippen LogP contribution in [0.2, 0.25) is 0 Å². The van der Waals surface area contributed by atoms with Crippen molar-refractivity contribution in [3.05, 3.63) is 71.6 Å². The third-order valence-electron chi connectivity index (χ3n) is 4.44. The topological polar surface area (TPSA) is 26.0 Å². The molecule has 2 aromatic heterocycles. The quantitative estimate of drug-likeness (QED) is 0.475. The van der Waals surface area contributed by atoms with Crippen LogP contribution in [0.15, 0.2) is 59.4 Å². The Morgan fingerprint density at radius 1 is 1.16 bits per heavy atom. The van der Waals surface area contributed by atoms with Crippen LogP contribution in [0.25, 0.3) is 28.3 Å². The number of pyridine rings is 1. The highest BCUT2D eigenvalue weighted by Crippen LogP contribution is 2.31. The maximum absolute atomic E-state index is 5.80. The number of aromatic nitrogens is 1. The molecule has 3 rings (SSSR count). The van der Waals surface area contributed by atoms with Gasteiger partial charge in [-0.05, 0) is 61.6 Å². The second-order valence-electron chi connectivity index (χ2n) is 6.70. The molecule has 1 aromatic carbocycles. The predicted molar refractivity (Wildman–Crippen MR) is 107 cm³/mol. The molecule has 0 aliphatic carbocycles. The summed E-state index contributed by atoms with van der Waals surface area (Å²) in [5.41, 5.74) is 6.66. The van der Waals surface area contributed by atoms with E-state index in [1.807, 2.05) is 19.4 Å². The van der Waals surface area contributed by atoms with Crippen LogP contribution in [0, 0.1) is 6.92 Å². The van der Waals surface area contributed by atoms with E-state index in [0.717, 1.165) is 39.8 Å². The first-order valence-electron chi connectivity index (χ1n) is 8.86. The third kappa shape index (κ3) is 3.74. The molecule has 0 bridgehead atoms. The van der Waals surface area contributed by atoms with Gasteiger partial charge in [-0.2, -0.15) is 0 Å². The number of hydrogen-bond acceptors (Lipinski definition) is 2. The van der Waals surface area contributed by atoms with E-state index in [4.69, 9.17) is 4.42 Å². The molecule has 128 valence electrons. The van der Waals surface area contributed by atoms with Crippen molar-refractivity contribution in [3.63, 3.8) is 0 Å². The number of benzene rings is 1. The van der Waals surface area contributed by atoms with Gasteiger partial charge in [0.05, 0.1) is 12.0 Å². The van der Waals surface area contributed by atoms with Crippen molar-refractivity contribution in [2.45, 2.75) is 40.0 Å². The Labute approximate surface area is 149 Å². The van der Waals surface area contributed by atoms with Gasteiger partial charge in [0.15, 0.2) is 0 Å². The lowest BCUT2D eigenvalue weighted by Crippen LogP contribution is -1.91. The summed E-state index contributed by atoms with van der Waals surface area (Å²) < 4.78 is 5.80. The van der Waals surface area contributed by atoms with E-state index in [9.17, 15) is 0 Å². The summed E-state index contributed by atoms with van der Waals surface area (Å²) in [5.74, 6) is 0.491. The molecule has 0 atom stereocenters. The van der Waals surface area contributed by atoms with E-state index in [2.05, 4.69) is 74.3 Å². The molecule has 0 aliphatic rings. The van der Waals surface area contributed by atoms with E-state index >= 15 is 0 Å². The largest absolute Gasteiger partial charge is 0.463 e. The lowest BCUT2D eigenvalue weighted by atomic mass is 9.99. The Hall–Kier alpha value is -2.61. The van der Waals surface area contributed by atoms with Crippen molar-refractivity contribution >= 4 is 17.0 Å². The van der Waals surface area contributed by atoms with Crippen molar-refractivity contribution < 1.29 is 4.42 Å². The van der Waals surface area contributed by atoms with Gasteiger partial charge >= 0.3 is 0 Å². The Morgan fingerprint density at radius 2 is 2.00 bits per heavy atom. The highest BCUT2D eigenvalue weighted by Gasteiger charge is 2.11. The minimum Gasteiger partial charge on any atom is -0.463 e. The lowest BCUT2D eigenvalue weighted by Gasteiger charge is -2.08. The van der Waals surface area contributed by atoms with Gasteiger partial charge in [-0.1, -0.05) is 38.2 Å². The number of hydrogen-bond donors (Lipinski definition) is 0. The maximum atomic E-state index is 5.80. The first kappa shape index (κ1) is 17.2. The SMILES string of the molecule is C/C=C\C/C=C/c1coc2c(C)cc(-c3cc(C(C)C)ccn3)cc12. The van der Waals surface area contributed by atoms with Gasteiger partial charge in [-0.3, -0.25) is 4.98 Å². The van der Waals surface area contributed by atoms with Crippen LogP contribution in [-0.4, -0.2) is 4.98 Å². The third-order valence-corrected chi connectivity index (χ3v) is 4.44. The molecule has 0 saturated heterocycles. The van der Waals surface area contributed by atoms with E-state index in [-0.39, 0.29) is 0 Å². The van der Waals surface area contributed by atoms with Crippen molar-refractivity contribution in [2.75, 3.05) is 0 Å². The molecule has 3 aromatic rings. The van der Waals surface area contributed by atoms with Crippen LogP contribution in [0.5, 0.6) is 0 Å². The molecule has 0 aliphatic heterocycles. The molecular formula is C23H25NO. The van der Waals surface area contributed by atoms with E-state index in [0.29, 0.717) is 5.92 Å². The summed E-state index contributed by atoms with van der Waals surface area (Å²) in [5, 5.41) is 1.14. The van der Waals surface area contributed by atoms with Crippen LogP contribution in [-0.2, 0) is 0 Å². The fourth-order valence-electron chi connectivity index (χ4n) is 2.98. The molecule has 0 spiro atoms. The highest BCUT2D eigenvalue weighted by atomic mass is 16.3. The number of rotatable bonds is 5. The van der Waals surface area contributed by atoms with Crippen LogP contribution >= 0.6 is 0 Å². The zero-order chi connectivity index (χ0) is 17.8. The second kappa shape index (κ2) is 7.52. The molecule has 2 heteroatoms. The highest BCUT2D eigenvalue weighted by molar-refractivity contribution is 5.92. The molecule has 2 nitrogen and oxygen atoms in total. The fourth-order valence-corrected chi connectivity index (χ4v) is 2.98. The Kier molecular flexibility index (Phi) is 5.18. The van der Waals surface area contributed by atoms with Crippen molar-refractivity contribution in [1.82, 2.24) is 4.98 Å². The summed E-state index contributed by atoms with van der Waals surface area (Å²) in [4.78, 5) is 4.58. The van der Waals surface area contributed by atoms with Crippen LogP contribution in [0.3, 0.4) is 0 Å². The molecule has 25 heavy (non-hydrogen) atoms. The number of allylic oxidation sites excluding steroid dienone is 3. The summed E-state index contributed by atoms with van der Waals surface area (Å²) >= 11 is 0. The summed E-state index contributed by atoms with van der Waals surface area (Å²) in [6.07, 6.45) is 13.2. The molecule has 0 fully saturated rings. The zero-order valence-electron chi connectivity index (χ0n) is 15.4. The van der Waals surface area contributed by atoms with Gasteiger partial charge < -0.3 is 4.42 Å². The fraction of sp³-hybridized carbons (Fsp3) is 0.261. The predicted octanol–water partition coefficient (Wildman–Crippen LogP) is 6.91. The molecule has 0 N–H and O–H groups in total. The first-order valence-corrected chi connectivity index (χ1v) is 8.86.